The summed E-state index contributed by atoms with van der Waals surface area (Å²) >= 11 is 0. The molecule has 9 nitrogen and oxygen atoms in total. The minimum absolute atomic E-state index is 0.0254. The number of nitrogens with one attached hydrogen (secondary N) is 1. The van der Waals surface area contributed by atoms with Gasteiger partial charge in [-0.1, -0.05) is 6.07 Å². The van der Waals surface area contributed by atoms with Crippen molar-refractivity contribution < 1.29 is 40.6 Å². The highest BCUT2D eigenvalue weighted by atomic mass is 32.2. The third kappa shape index (κ3) is 6.27. The molecule has 0 saturated carbocycles. The minimum atomic E-state index is -4.76. The van der Waals surface area contributed by atoms with Crippen LogP contribution in [0.15, 0.2) is 47.3 Å². The number of rotatable bonds is 8. The first kappa shape index (κ1) is 30.6. The molecule has 0 bridgehead atoms. The zero-order valence-corrected chi connectivity index (χ0v) is 23.6. The van der Waals surface area contributed by atoms with Crippen molar-refractivity contribution in [3.8, 4) is 11.4 Å². The second-order valence-electron chi connectivity index (χ2n) is 11.1. The highest BCUT2D eigenvalue weighted by Crippen LogP contribution is 2.31. The van der Waals surface area contributed by atoms with E-state index in [1.165, 1.54) is 48.7 Å². The maximum absolute atomic E-state index is 13.7. The monoisotopic (exact) mass is 601 g/mol. The van der Waals surface area contributed by atoms with Gasteiger partial charge in [-0.3, -0.25) is 13.9 Å². The van der Waals surface area contributed by atoms with Crippen molar-refractivity contribution in [2.45, 2.75) is 70.3 Å². The van der Waals surface area contributed by atoms with Gasteiger partial charge in [0.2, 0.25) is 0 Å². The molecule has 2 N–H and O–H groups in total. The third-order valence-electron chi connectivity index (χ3n) is 7.47. The number of hydrogen-bond donors (Lipinski definition) is 2. The summed E-state index contributed by atoms with van der Waals surface area (Å²) in [5.74, 6) is -1.21. The van der Waals surface area contributed by atoms with E-state index in [2.05, 4.69) is 10.1 Å². The Hall–Kier alpha value is -3.39. The molecule has 2 aromatic carbocycles. The molecule has 1 aliphatic heterocycles. The van der Waals surface area contributed by atoms with Crippen molar-refractivity contribution in [3.63, 3.8) is 0 Å². The smallest absolute Gasteiger partial charge is 0.428 e. The van der Waals surface area contributed by atoms with Crippen molar-refractivity contribution in [1.82, 2.24) is 14.5 Å². The summed E-state index contributed by atoms with van der Waals surface area (Å²) in [6.07, 6.45) is -8.35. The van der Waals surface area contributed by atoms with E-state index in [1.807, 2.05) is 0 Å². The molecule has 224 valence electrons. The Morgan fingerprint density at radius 2 is 1.73 bits per heavy atom. The summed E-state index contributed by atoms with van der Waals surface area (Å²) in [6, 6.07) is 8.23. The molecule has 0 radical (unpaired) electrons. The first-order valence-electron chi connectivity index (χ1n) is 12.8. The molecule has 1 amide bonds. The van der Waals surface area contributed by atoms with Crippen LogP contribution in [-0.2, 0) is 9.84 Å². The van der Waals surface area contributed by atoms with E-state index in [9.17, 15) is 40.7 Å². The van der Waals surface area contributed by atoms with Gasteiger partial charge < -0.3 is 15.2 Å². The average molecular weight is 602 g/mol. The number of aromatic nitrogens is 2. The van der Waals surface area contributed by atoms with Gasteiger partial charge in [-0.15, -0.1) is 0 Å². The standard InChI is InChI=1S/C27H31F4N3O6S/c1-16(25(2,3)37)33-21-14-17(22(35)32-26(4)10-12-41(38,39)13-11-26)8-9-20(21)34(24(33)36)18-6-5-7-19(15-18)40-27(30,31)23(28)29/h5-9,14-16,23,37H,10-13H2,1-4H3,(H,32,35)/t16-/m0/s1. The van der Waals surface area contributed by atoms with Gasteiger partial charge in [-0.25, -0.2) is 13.2 Å². The van der Waals surface area contributed by atoms with Gasteiger partial charge in [-0.2, -0.15) is 17.6 Å². The predicted molar refractivity (Wildman–Crippen MR) is 144 cm³/mol. The zero-order chi connectivity index (χ0) is 30.5. The number of halogens is 4. The highest BCUT2D eigenvalue weighted by Gasteiger charge is 2.44. The van der Waals surface area contributed by atoms with E-state index in [0.717, 1.165) is 16.7 Å². The second-order valence-corrected chi connectivity index (χ2v) is 13.5. The van der Waals surface area contributed by atoms with Crippen LogP contribution >= 0.6 is 0 Å². The maximum atomic E-state index is 13.7. The number of ether oxygens (including phenoxy) is 1. The molecule has 3 aromatic rings. The SMILES string of the molecule is C[C@H](n1c(=O)n(-c2cccc(OC(F)(F)C(F)F)c2)c2ccc(C(=O)NC3(C)CCS(=O)(=O)CC3)cc21)C(C)(C)O. The molecule has 0 spiro atoms. The van der Waals surface area contributed by atoms with Crippen molar-refractivity contribution in [3.05, 3.63) is 58.5 Å². The van der Waals surface area contributed by atoms with Crippen LogP contribution in [-0.4, -0.2) is 63.7 Å². The molecular weight excluding hydrogens is 570 g/mol. The lowest BCUT2D eigenvalue weighted by atomic mass is 9.94. The number of aliphatic hydroxyl groups is 1. The average Bonchev–Trinajstić information content (AvgIpc) is 3.15. The molecule has 1 aliphatic rings. The van der Waals surface area contributed by atoms with Gasteiger partial charge in [0.25, 0.3) is 5.91 Å². The second kappa shape index (κ2) is 10.5. The van der Waals surface area contributed by atoms with Gasteiger partial charge in [0, 0.05) is 17.2 Å². The summed E-state index contributed by atoms with van der Waals surface area (Å²) in [7, 11) is -3.16. The van der Waals surface area contributed by atoms with E-state index in [1.54, 1.807) is 13.8 Å². The molecule has 1 saturated heterocycles. The van der Waals surface area contributed by atoms with E-state index >= 15 is 0 Å². The number of carbonyl (C=O) groups is 1. The molecule has 0 unspecified atom stereocenters. The Bertz CT molecular complexity index is 1630. The number of benzene rings is 2. The van der Waals surface area contributed by atoms with Gasteiger partial charge in [0.15, 0.2) is 0 Å². The number of alkyl halides is 4. The summed E-state index contributed by atoms with van der Waals surface area (Å²) < 4.78 is 82.8. The zero-order valence-electron chi connectivity index (χ0n) is 22.8. The van der Waals surface area contributed by atoms with Gasteiger partial charge in [-0.05, 0) is 70.9 Å². The van der Waals surface area contributed by atoms with Gasteiger partial charge in [0.1, 0.15) is 15.6 Å². The van der Waals surface area contributed by atoms with Crippen LogP contribution in [0.4, 0.5) is 17.6 Å². The molecule has 1 atom stereocenters. The fourth-order valence-electron chi connectivity index (χ4n) is 4.65. The Labute approximate surface area is 233 Å². The quantitative estimate of drug-likeness (QED) is 0.376. The van der Waals surface area contributed by atoms with Crippen LogP contribution in [0.25, 0.3) is 16.7 Å². The van der Waals surface area contributed by atoms with Crippen LogP contribution in [0.1, 0.15) is 56.9 Å². The lowest BCUT2D eigenvalue weighted by Gasteiger charge is -2.34. The predicted octanol–water partition coefficient (Wildman–Crippen LogP) is 4.06. The summed E-state index contributed by atoms with van der Waals surface area (Å²) in [6.45, 7) is 6.32. The molecule has 1 aromatic heterocycles. The van der Waals surface area contributed by atoms with Crippen LogP contribution in [0.3, 0.4) is 0 Å². The maximum Gasteiger partial charge on any atom is 0.461 e. The first-order valence-corrected chi connectivity index (χ1v) is 14.6. The minimum Gasteiger partial charge on any atom is -0.428 e. The summed E-state index contributed by atoms with van der Waals surface area (Å²) in [4.78, 5) is 27.0. The third-order valence-corrected chi connectivity index (χ3v) is 9.13. The van der Waals surface area contributed by atoms with Crippen molar-refractivity contribution >= 4 is 26.8 Å². The molecule has 2 heterocycles. The number of carbonyl (C=O) groups excluding carboxylic acids is 1. The number of sulfone groups is 1. The van der Waals surface area contributed by atoms with Gasteiger partial charge >= 0.3 is 18.2 Å². The molecule has 4 rings (SSSR count). The Morgan fingerprint density at radius 3 is 2.32 bits per heavy atom. The topological polar surface area (TPSA) is 120 Å². The van der Waals surface area contributed by atoms with E-state index in [4.69, 9.17) is 0 Å². The Kier molecular flexibility index (Phi) is 7.80. The number of nitrogens with zero attached hydrogens (tertiary/aromatic N) is 2. The highest BCUT2D eigenvalue weighted by molar-refractivity contribution is 7.91. The molecule has 1 fully saturated rings. The number of hydrogen-bond acceptors (Lipinski definition) is 6. The van der Waals surface area contributed by atoms with Crippen molar-refractivity contribution in [2.75, 3.05) is 11.5 Å². The summed E-state index contributed by atoms with van der Waals surface area (Å²) in [5.41, 5.74) is -2.19. The number of amides is 1. The fourth-order valence-corrected chi connectivity index (χ4v) is 6.38. The fraction of sp³-hybridized carbons (Fsp3) is 0.481. The van der Waals surface area contributed by atoms with Crippen LogP contribution in [0.5, 0.6) is 5.75 Å². The van der Waals surface area contributed by atoms with Gasteiger partial charge in [0.05, 0.1) is 39.9 Å². The molecule has 14 heteroatoms. The number of imidazole rings is 1. The van der Waals surface area contributed by atoms with E-state index in [0.29, 0.717) is 0 Å². The lowest BCUT2D eigenvalue weighted by Crippen LogP contribution is -2.50. The van der Waals surface area contributed by atoms with Crippen molar-refractivity contribution in [2.24, 2.45) is 0 Å². The Morgan fingerprint density at radius 1 is 1.10 bits per heavy atom. The van der Waals surface area contributed by atoms with Crippen LogP contribution < -0.4 is 15.7 Å². The van der Waals surface area contributed by atoms with Crippen LogP contribution in [0, 0.1) is 0 Å². The lowest BCUT2D eigenvalue weighted by molar-refractivity contribution is -0.253. The van der Waals surface area contributed by atoms with E-state index in [-0.39, 0.29) is 46.6 Å². The first-order chi connectivity index (χ1) is 18.8. The van der Waals surface area contributed by atoms with Crippen molar-refractivity contribution in [1.29, 1.82) is 0 Å². The Balaban J connectivity index is 1.80. The largest absolute Gasteiger partial charge is 0.461 e. The van der Waals surface area contributed by atoms with Crippen LogP contribution in [0.2, 0.25) is 0 Å². The normalized spacial score (nSPS) is 17.9. The molecule has 41 heavy (non-hydrogen) atoms. The molecule has 0 aliphatic carbocycles. The number of fused-ring (bicyclic) bond motifs is 1. The molecular formula is C27H31F4N3O6S. The van der Waals surface area contributed by atoms with E-state index < -0.39 is 56.9 Å². The summed E-state index contributed by atoms with van der Waals surface area (Å²) in [5, 5.41) is 13.6.